The molecule has 2 N–H and O–H groups in total. The Labute approximate surface area is 168 Å². The summed E-state index contributed by atoms with van der Waals surface area (Å²) in [6.45, 7) is 2.32. The standard InChI is InChI=1S/C26H28N2/c1-2-4-19(5-3-1)20-6-8-21(9-7-20)22-10-12-23(13-11-22)25-18-26(25)28-24-14-16-27-17-15-24/h1-13,24-28H,14-18H2/t25-,26+/m0/s1. The maximum absolute atomic E-state index is 3.87. The SMILES string of the molecule is c1ccc(-c2ccc(-c3ccc([C@@H]4C[C@H]4NC4CCNCC4)cc3)cc2)cc1. The van der Waals surface area contributed by atoms with Crippen LogP contribution >= 0.6 is 0 Å². The molecule has 3 aromatic carbocycles. The molecule has 0 radical (unpaired) electrons. The molecule has 1 aliphatic heterocycles. The molecule has 2 heteroatoms. The third-order valence-corrected chi connectivity index (χ3v) is 6.24. The molecule has 1 aliphatic carbocycles. The highest BCUT2D eigenvalue weighted by Crippen LogP contribution is 2.42. The molecule has 1 heterocycles. The zero-order valence-electron chi connectivity index (χ0n) is 16.3. The molecular weight excluding hydrogens is 340 g/mol. The molecule has 2 atom stereocenters. The van der Waals surface area contributed by atoms with Gasteiger partial charge in [0.1, 0.15) is 0 Å². The Hall–Kier alpha value is -2.42. The van der Waals surface area contributed by atoms with Gasteiger partial charge in [0.2, 0.25) is 0 Å². The number of rotatable bonds is 5. The fourth-order valence-corrected chi connectivity index (χ4v) is 4.45. The van der Waals surface area contributed by atoms with E-state index in [9.17, 15) is 0 Å². The fraction of sp³-hybridized carbons (Fsp3) is 0.308. The van der Waals surface area contributed by atoms with Crippen molar-refractivity contribution in [2.24, 2.45) is 0 Å². The lowest BCUT2D eigenvalue weighted by molar-refractivity contribution is 0.383. The van der Waals surface area contributed by atoms with Crippen molar-refractivity contribution >= 4 is 0 Å². The zero-order chi connectivity index (χ0) is 18.8. The number of hydrogen-bond donors (Lipinski definition) is 2. The van der Waals surface area contributed by atoms with Crippen LogP contribution in [0, 0.1) is 0 Å². The summed E-state index contributed by atoms with van der Waals surface area (Å²) in [6.07, 6.45) is 3.82. The summed E-state index contributed by atoms with van der Waals surface area (Å²) in [6, 6.07) is 30.1. The van der Waals surface area contributed by atoms with Crippen LogP contribution in [-0.2, 0) is 0 Å². The van der Waals surface area contributed by atoms with E-state index in [1.807, 2.05) is 0 Å². The minimum absolute atomic E-state index is 0.680. The maximum atomic E-state index is 3.87. The monoisotopic (exact) mass is 368 g/mol. The van der Waals surface area contributed by atoms with Gasteiger partial charge in [0, 0.05) is 18.0 Å². The number of benzene rings is 3. The lowest BCUT2D eigenvalue weighted by atomic mass is 9.99. The van der Waals surface area contributed by atoms with Crippen molar-refractivity contribution in [3.8, 4) is 22.3 Å². The van der Waals surface area contributed by atoms with Crippen LogP contribution in [0.1, 0.15) is 30.7 Å². The quantitative estimate of drug-likeness (QED) is 0.645. The summed E-state index contributed by atoms with van der Waals surface area (Å²) < 4.78 is 0. The van der Waals surface area contributed by atoms with E-state index >= 15 is 0 Å². The normalized spacial score (nSPS) is 22.1. The molecule has 142 valence electrons. The second-order valence-corrected chi connectivity index (χ2v) is 8.21. The largest absolute Gasteiger partial charge is 0.317 e. The van der Waals surface area contributed by atoms with Crippen LogP contribution in [0.25, 0.3) is 22.3 Å². The van der Waals surface area contributed by atoms with Gasteiger partial charge >= 0.3 is 0 Å². The molecule has 1 saturated carbocycles. The van der Waals surface area contributed by atoms with E-state index in [1.54, 1.807) is 0 Å². The molecule has 2 nitrogen and oxygen atoms in total. The predicted octanol–water partition coefficient (Wildman–Crippen LogP) is 5.22. The second-order valence-electron chi connectivity index (χ2n) is 8.21. The van der Waals surface area contributed by atoms with Crippen LogP contribution < -0.4 is 10.6 Å². The topological polar surface area (TPSA) is 24.1 Å². The first-order chi connectivity index (χ1) is 13.9. The van der Waals surface area contributed by atoms with Gasteiger partial charge in [-0.3, -0.25) is 0 Å². The first kappa shape index (κ1) is 17.7. The predicted molar refractivity (Wildman–Crippen MR) is 117 cm³/mol. The summed E-state index contributed by atoms with van der Waals surface area (Å²) in [5.74, 6) is 0.699. The molecule has 0 aromatic heterocycles. The van der Waals surface area contributed by atoms with Crippen molar-refractivity contribution in [1.82, 2.24) is 10.6 Å². The minimum atomic E-state index is 0.680. The Bertz CT molecular complexity index is 893. The summed E-state index contributed by atoms with van der Waals surface area (Å²) in [5, 5.41) is 7.32. The Kier molecular flexibility index (Phi) is 4.99. The van der Waals surface area contributed by atoms with Gasteiger partial charge in [0.05, 0.1) is 0 Å². The Morgan fingerprint density at radius 3 is 1.79 bits per heavy atom. The first-order valence-electron chi connectivity index (χ1n) is 10.6. The fourth-order valence-electron chi connectivity index (χ4n) is 4.45. The molecular formula is C26H28N2. The molecule has 0 bridgehead atoms. The van der Waals surface area contributed by atoms with E-state index in [2.05, 4.69) is 89.5 Å². The van der Waals surface area contributed by atoms with Crippen LogP contribution in [0.5, 0.6) is 0 Å². The summed E-state index contributed by atoms with van der Waals surface area (Å²) in [5.41, 5.74) is 6.60. The lowest BCUT2D eigenvalue weighted by Crippen LogP contribution is -2.41. The van der Waals surface area contributed by atoms with Gasteiger partial charge < -0.3 is 10.6 Å². The highest BCUT2D eigenvalue weighted by Gasteiger charge is 2.39. The molecule has 1 saturated heterocycles. The maximum Gasteiger partial charge on any atom is 0.0145 e. The van der Waals surface area contributed by atoms with Gasteiger partial charge in [-0.05, 0) is 60.2 Å². The molecule has 2 aliphatic rings. The van der Waals surface area contributed by atoms with E-state index in [0.717, 1.165) is 13.1 Å². The van der Waals surface area contributed by atoms with Gasteiger partial charge in [0.25, 0.3) is 0 Å². The van der Waals surface area contributed by atoms with Gasteiger partial charge in [-0.25, -0.2) is 0 Å². The van der Waals surface area contributed by atoms with Crippen LogP contribution in [0.2, 0.25) is 0 Å². The van der Waals surface area contributed by atoms with Crippen molar-refractivity contribution in [3.63, 3.8) is 0 Å². The van der Waals surface area contributed by atoms with Crippen LogP contribution in [0.15, 0.2) is 78.9 Å². The van der Waals surface area contributed by atoms with E-state index in [-0.39, 0.29) is 0 Å². The number of nitrogens with one attached hydrogen (secondary N) is 2. The van der Waals surface area contributed by atoms with E-state index in [1.165, 1.54) is 47.1 Å². The van der Waals surface area contributed by atoms with E-state index in [0.29, 0.717) is 18.0 Å². The number of piperidine rings is 1. The average molecular weight is 369 g/mol. The average Bonchev–Trinajstić information content (AvgIpc) is 3.54. The summed E-state index contributed by atoms with van der Waals surface area (Å²) >= 11 is 0. The van der Waals surface area contributed by atoms with Crippen LogP contribution in [0.4, 0.5) is 0 Å². The van der Waals surface area contributed by atoms with Crippen molar-refractivity contribution in [2.45, 2.75) is 37.3 Å². The third-order valence-electron chi connectivity index (χ3n) is 6.24. The van der Waals surface area contributed by atoms with E-state index < -0.39 is 0 Å². The Morgan fingerprint density at radius 1 is 0.643 bits per heavy atom. The van der Waals surface area contributed by atoms with Crippen LogP contribution in [-0.4, -0.2) is 25.2 Å². The smallest absolute Gasteiger partial charge is 0.0145 e. The molecule has 5 rings (SSSR count). The molecule has 0 spiro atoms. The third kappa shape index (κ3) is 3.89. The second kappa shape index (κ2) is 7.90. The summed E-state index contributed by atoms with van der Waals surface area (Å²) in [7, 11) is 0. The summed E-state index contributed by atoms with van der Waals surface area (Å²) in [4.78, 5) is 0. The molecule has 0 amide bonds. The molecule has 2 fully saturated rings. The van der Waals surface area contributed by atoms with Gasteiger partial charge in [-0.1, -0.05) is 78.9 Å². The molecule has 0 unspecified atom stereocenters. The van der Waals surface area contributed by atoms with Crippen molar-refractivity contribution in [1.29, 1.82) is 0 Å². The van der Waals surface area contributed by atoms with Crippen molar-refractivity contribution in [3.05, 3.63) is 84.4 Å². The Balaban J connectivity index is 1.23. The number of hydrogen-bond acceptors (Lipinski definition) is 2. The zero-order valence-corrected chi connectivity index (χ0v) is 16.3. The van der Waals surface area contributed by atoms with Gasteiger partial charge in [-0.2, -0.15) is 0 Å². The minimum Gasteiger partial charge on any atom is -0.317 e. The van der Waals surface area contributed by atoms with E-state index in [4.69, 9.17) is 0 Å². The van der Waals surface area contributed by atoms with Gasteiger partial charge in [0.15, 0.2) is 0 Å². The Morgan fingerprint density at radius 2 is 1.18 bits per heavy atom. The lowest BCUT2D eigenvalue weighted by Gasteiger charge is -2.24. The molecule has 3 aromatic rings. The molecule has 28 heavy (non-hydrogen) atoms. The van der Waals surface area contributed by atoms with Crippen LogP contribution in [0.3, 0.4) is 0 Å². The van der Waals surface area contributed by atoms with Crippen molar-refractivity contribution in [2.75, 3.05) is 13.1 Å². The first-order valence-corrected chi connectivity index (χ1v) is 10.6. The van der Waals surface area contributed by atoms with Crippen molar-refractivity contribution < 1.29 is 0 Å². The highest BCUT2D eigenvalue weighted by molar-refractivity contribution is 5.70. The highest BCUT2D eigenvalue weighted by atomic mass is 15.0. The van der Waals surface area contributed by atoms with Gasteiger partial charge in [-0.15, -0.1) is 0 Å².